The highest BCUT2D eigenvalue weighted by molar-refractivity contribution is 4.89. The van der Waals surface area contributed by atoms with Crippen molar-refractivity contribution in [1.82, 2.24) is 10.2 Å². The summed E-state index contributed by atoms with van der Waals surface area (Å²) in [5.41, 5.74) is 0. The molecule has 2 aliphatic rings. The largest absolute Gasteiger partial charge is 0.310 e. The standard InChI is InChI=1S/C12H24N2/c1-10(2)5-7-14-8-6-12(9-14)13-11-3-4-11/h10-13H,3-9H2,1-2H3. The van der Waals surface area contributed by atoms with E-state index in [0.717, 1.165) is 18.0 Å². The quantitative estimate of drug-likeness (QED) is 0.722. The molecule has 1 aliphatic carbocycles. The van der Waals surface area contributed by atoms with Gasteiger partial charge in [-0.25, -0.2) is 0 Å². The third-order valence-electron chi connectivity index (χ3n) is 3.34. The lowest BCUT2D eigenvalue weighted by molar-refractivity contribution is 0.304. The fourth-order valence-electron chi connectivity index (χ4n) is 2.20. The molecule has 1 N–H and O–H groups in total. The maximum Gasteiger partial charge on any atom is 0.0209 e. The average Bonchev–Trinajstić information content (AvgIpc) is 2.81. The van der Waals surface area contributed by atoms with E-state index in [1.165, 1.54) is 45.3 Å². The van der Waals surface area contributed by atoms with Crippen molar-refractivity contribution in [2.75, 3.05) is 19.6 Å². The summed E-state index contributed by atoms with van der Waals surface area (Å²) in [5, 5.41) is 3.73. The van der Waals surface area contributed by atoms with Crippen LogP contribution in [-0.2, 0) is 0 Å². The molecule has 2 rings (SSSR count). The first kappa shape index (κ1) is 10.4. The number of hydrogen-bond donors (Lipinski definition) is 1. The molecule has 1 saturated carbocycles. The predicted molar refractivity (Wildman–Crippen MR) is 60.5 cm³/mol. The van der Waals surface area contributed by atoms with Gasteiger partial charge in [0.15, 0.2) is 0 Å². The summed E-state index contributed by atoms with van der Waals surface area (Å²) in [5.74, 6) is 0.852. The highest BCUT2D eigenvalue weighted by atomic mass is 15.2. The fraction of sp³-hybridized carbons (Fsp3) is 1.00. The van der Waals surface area contributed by atoms with Gasteiger partial charge < -0.3 is 10.2 Å². The summed E-state index contributed by atoms with van der Waals surface area (Å²) >= 11 is 0. The number of hydrogen-bond acceptors (Lipinski definition) is 2. The van der Waals surface area contributed by atoms with Crippen LogP contribution in [0.2, 0.25) is 0 Å². The van der Waals surface area contributed by atoms with Crippen LogP contribution >= 0.6 is 0 Å². The maximum absolute atomic E-state index is 3.73. The highest BCUT2D eigenvalue weighted by Crippen LogP contribution is 2.22. The van der Waals surface area contributed by atoms with Crippen LogP contribution in [0.5, 0.6) is 0 Å². The molecule has 2 heteroatoms. The summed E-state index contributed by atoms with van der Waals surface area (Å²) in [6.45, 7) is 8.55. The third kappa shape index (κ3) is 3.25. The minimum Gasteiger partial charge on any atom is -0.310 e. The van der Waals surface area contributed by atoms with E-state index in [1.54, 1.807) is 0 Å². The van der Waals surface area contributed by atoms with Gasteiger partial charge in [-0.15, -0.1) is 0 Å². The number of likely N-dealkylation sites (tertiary alicyclic amines) is 1. The SMILES string of the molecule is CC(C)CCN1CCC(NC2CC2)C1. The molecule has 82 valence electrons. The first-order valence-electron chi connectivity index (χ1n) is 6.22. The molecule has 1 saturated heterocycles. The minimum absolute atomic E-state index is 0.801. The predicted octanol–water partition coefficient (Wildman–Crippen LogP) is 1.86. The first-order chi connectivity index (χ1) is 6.74. The van der Waals surface area contributed by atoms with E-state index in [2.05, 4.69) is 24.1 Å². The number of rotatable bonds is 5. The van der Waals surface area contributed by atoms with E-state index >= 15 is 0 Å². The van der Waals surface area contributed by atoms with E-state index in [0.29, 0.717) is 0 Å². The Kier molecular flexibility index (Phi) is 3.45. The van der Waals surface area contributed by atoms with Gasteiger partial charge in [0.25, 0.3) is 0 Å². The third-order valence-corrected chi connectivity index (χ3v) is 3.34. The molecule has 0 aromatic rings. The van der Waals surface area contributed by atoms with Gasteiger partial charge >= 0.3 is 0 Å². The molecule has 0 aromatic carbocycles. The van der Waals surface area contributed by atoms with E-state index < -0.39 is 0 Å². The van der Waals surface area contributed by atoms with Crippen LogP contribution in [0, 0.1) is 5.92 Å². The van der Waals surface area contributed by atoms with E-state index in [-0.39, 0.29) is 0 Å². The van der Waals surface area contributed by atoms with Crippen LogP contribution in [0.3, 0.4) is 0 Å². The zero-order valence-electron chi connectivity index (χ0n) is 9.63. The minimum atomic E-state index is 0.801. The molecular weight excluding hydrogens is 172 g/mol. The zero-order valence-corrected chi connectivity index (χ0v) is 9.63. The number of nitrogens with one attached hydrogen (secondary N) is 1. The summed E-state index contributed by atoms with van der Waals surface area (Å²) in [6, 6.07) is 1.68. The van der Waals surface area contributed by atoms with Crippen molar-refractivity contribution in [2.24, 2.45) is 5.92 Å². The van der Waals surface area contributed by atoms with E-state index in [1.807, 2.05) is 0 Å². The first-order valence-corrected chi connectivity index (χ1v) is 6.22. The molecule has 0 bridgehead atoms. The molecule has 1 aliphatic heterocycles. The van der Waals surface area contributed by atoms with E-state index in [4.69, 9.17) is 0 Å². The molecule has 0 amide bonds. The summed E-state index contributed by atoms with van der Waals surface area (Å²) < 4.78 is 0. The van der Waals surface area contributed by atoms with Crippen molar-refractivity contribution in [3.8, 4) is 0 Å². The van der Waals surface area contributed by atoms with Gasteiger partial charge in [-0.2, -0.15) is 0 Å². The Labute approximate surface area is 88.1 Å². The molecular formula is C12H24N2. The van der Waals surface area contributed by atoms with Gasteiger partial charge in [-0.05, 0) is 44.7 Å². The Morgan fingerprint density at radius 1 is 1.21 bits per heavy atom. The normalized spacial score (nSPS) is 28.9. The molecule has 0 aromatic heterocycles. The Morgan fingerprint density at radius 3 is 2.64 bits per heavy atom. The van der Waals surface area contributed by atoms with Gasteiger partial charge in [0.1, 0.15) is 0 Å². The lowest BCUT2D eigenvalue weighted by Crippen LogP contribution is -2.34. The van der Waals surface area contributed by atoms with Crippen molar-refractivity contribution >= 4 is 0 Å². The van der Waals surface area contributed by atoms with Crippen LogP contribution in [0.1, 0.15) is 39.5 Å². The van der Waals surface area contributed by atoms with Crippen LogP contribution < -0.4 is 5.32 Å². The molecule has 2 fully saturated rings. The van der Waals surface area contributed by atoms with Crippen molar-refractivity contribution in [1.29, 1.82) is 0 Å². The van der Waals surface area contributed by atoms with Gasteiger partial charge in [0.05, 0.1) is 0 Å². The smallest absolute Gasteiger partial charge is 0.0209 e. The van der Waals surface area contributed by atoms with Crippen LogP contribution in [0.15, 0.2) is 0 Å². The Balaban J connectivity index is 1.61. The maximum atomic E-state index is 3.73. The van der Waals surface area contributed by atoms with Crippen LogP contribution in [-0.4, -0.2) is 36.6 Å². The molecule has 14 heavy (non-hydrogen) atoms. The Hall–Kier alpha value is -0.0800. The van der Waals surface area contributed by atoms with Gasteiger partial charge in [0, 0.05) is 18.6 Å². The van der Waals surface area contributed by atoms with Crippen molar-refractivity contribution in [3.63, 3.8) is 0 Å². The summed E-state index contributed by atoms with van der Waals surface area (Å²) in [4.78, 5) is 2.63. The topological polar surface area (TPSA) is 15.3 Å². The second kappa shape index (κ2) is 4.63. The van der Waals surface area contributed by atoms with Crippen LogP contribution in [0.25, 0.3) is 0 Å². The summed E-state index contributed by atoms with van der Waals surface area (Å²) in [6.07, 6.45) is 5.57. The van der Waals surface area contributed by atoms with E-state index in [9.17, 15) is 0 Å². The average molecular weight is 196 g/mol. The molecule has 1 unspecified atom stereocenters. The van der Waals surface area contributed by atoms with Crippen molar-refractivity contribution in [3.05, 3.63) is 0 Å². The lowest BCUT2D eigenvalue weighted by atomic mass is 10.1. The summed E-state index contributed by atoms with van der Waals surface area (Å²) in [7, 11) is 0. The van der Waals surface area contributed by atoms with Gasteiger partial charge in [-0.3, -0.25) is 0 Å². The number of nitrogens with zero attached hydrogens (tertiary/aromatic N) is 1. The van der Waals surface area contributed by atoms with Gasteiger partial charge in [-0.1, -0.05) is 13.8 Å². The zero-order chi connectivity index (χ0) is 9.97. The van der Waals surface area contributed by atoms with Crippen molar-refractivity contribution < 1.29 is 0 Å². The second-order valence-corrected chi connectivity index (χ2v) is 5.41. The lowest BCUT2D eigenvalue weighted by Gasteiger charge is -2.17. The molecule has 1 heterocycles. The molecule has 0 radical (unpaired) electrons. The molecule has 2 nitrogen and oxygen atoms in total. The van der Waals surface area contributed by atoms with Crippen molar-refractivity contribution in [2.45, 2.75) is 51.6 Å². The monoisotopic (exact) mass is 196 g/mol. The molecule has 1 atom stereocenters. The Morgan fingerprint density at radius 2 is 2.00 bits per heavy atom. The highest BCUT2D eigenvalue weighted by Gasteiger charge is 2.28. The van der Waals surface area contributed by atoms with Gasteiger partial charge in [0.2, 0.25) is 0 Å². The second-order valence-electron chi connectivity index (χ2n) is 5.41. The van der Waals surface area contributed by atoms with Crippen LogP contribution in [0.4, 0.5) is 0 Å². The Bertz CT molecular complexity index is 175. The molecule has 0 spiro atoms. The fourth-order valence-corrected chi connectivity index (χ4v) is 2.20.